The zero-order valence-corrected chi connectivity index (χ0v) is 15.6. The lowest BCUT2D eigenvalue weighted by atomic mass is 10.0. The third kappa shape index (κ3) is 2.74. The van der Waals surface area contributed by atoms with E-state index in [0.717, 1.165) is 50.2 Å². The van der Waals surface area contributed by atoms with Crippen LogP contribution in [-0.4, -0.2) is 46.9 Å². The molecule has 1 unspecified atom stereocenters. The van der Waals surface area contributed by atoms with Crippen molar-refractivity contribution in [2.45, 2.75) is 45.8 Å². The van der Waals surface area contributed by atoms with Gasteiger partial charge >= 0.3 is 5.69 Å². The molecule has 0 N–H and O–H groups in total. The Morgan fingerprint density at radius 2 is 2.15 bits per heavy atom. The van der Waals surface area contributed by atoms with Crippen LogP contribution in [0.2, 0.25) is 0 Å². The van der Waals surface area contributed by atoms with E-state index in [1.165, 1.54) is 17.6 Å². The molecule has 0 saturated carbocycles. The van der Waals surface area contributed by atoms with Gasteiger partial charge in [0.25, 0.3) is 0 Å². The van der Waals surface area contributed by atoms with Crippen LogP contribution in [0.1, 0.15) is 37.1 Å². The number of rotatable bonds is 4. The van der Waals surface area contributed by atoms with E-state index in [4.69, 9.17) is 0 Å². The Hall–Kier alpha value is -2.48. The summed E-state index contributed by atoms with van der Waals surface area (Å²) in [5.41, 5.74) is 4.00. The molecule has 1 aliphatic heterocycles. The van der Waals surface area contributed by atoms with Crippen LogP contribution in [0.15, 0.2) is 23.5 Å². The van der Waals surface area contributed by atoms with Crippen molar-refractivity contribution in [3.8, 4) is 0 Å². The van der Waals surface area contributed by atoms with Crippen LogP contribution >= 0.6 is 0 Å². The molecule has 0 aliphatic carbocycles. The van der Waals surface area contributed by atoms with Gasteiger partial charge in [-0.1, -0.05) is 0 Å². The molecule has 3 aromatic rings. The Labute approximate surface area is 152 Å². The number of aromatic nitrogens is 6. The van der Waals surface area contributed by atoms with E-state index in [-0.39, 0.29) is 11.7 Å². The first-order chi connectivity index (χ1) is 12.6. The summed E-state index contributed by atoms with van der Waals surface area (Å²) in [5.74, 6) is 0. The number of hydrogen-bond donors (Lipinski definition) is 0. The molecule has 1 fully saturated rings. The van der Waals surface area contributed by atoms with Crippen LogP contribution in [0.25, 0.3) is 11.2 Å². The summed E-state index contributed by atoms with van der Waals surface area (Å²) in [4.78, 5) is 23.6. The topological polar surface area (TPSA) is 73.8 Å². The highest BCUT2D eigenvalue weighted by Crippen LogP contribution is 2.25. The predicted octanol–water partition coefficient (Wildman–Crippen LogP) is 1.49. The second kappa shape index (κ2) is 6.68. The first kappa shape index (κ1) is 17.0. The third-order valence-electron chi connectivity index (χ3n) is 5.50. The number of imidazole rings is 1. The van der Waals surface area contributed by atoms with Crippen molar-refractivity contribution in [1.82, 2.24) is 33.8 Å². The van der Waals surface area contributed by atoms with Gasteiger partial charge in [-0.15, -0.1) is 0 Å². The smallest absolute Gasteiger partial charge is 0.297 e. The first-order valence-corrected chi connectivity index (χ1v) is 9.20. The molecule has 1 atom stereocenters. The quantitative estimate of drug-likeness (QED) is 0.709. The van der Waals surface area contributed by atoms with E-state index in [1.807, 2.05) is 15.4 Å². The van der Waals surface area contributed by atoms with Gasteiger partial charge in [0, 0.05) is 37.9 Å². The first-order valence-electron chi connectivity index (χ1n) is 9.20. The summed E-state index contributed by atoms with van der Waals surface area (Å²) in [7, 11) is 1.79. The standard InChI is InChI=1S/C18H25N7O/c1-4-24-13(2)14(8-21-24)10-23-7-5-6-15(11-23)25-17-16(9-19-12-20-17)22(3)18(25)26/h8-9,12,15H,4-7,10-11H2,1-3H3. The highest BCUT2D eigenvalue weighted by Gasteiger charge is 2.26. The lowest BCUT2D eigenvalue weighted by Crippen LogP contribution is -2.39. The molecule has 0 radical (unpaired) electrons. The van der Waals surface area contributed by atoms with Gasteiger partial charge in [0.15, 0.2) is 5.65 Å². The van der Waals surface area contributed by atoms with E-state index in [0.29, 0.717) is 0 Å². The summed E-state index contributed by atoms with van der Waals surface area (Å²) >= 11 is 0. The molecule has 26 heavy (non-hydrogen) atoms. The number of fused-ring (bicyclic) bond motifs is 1. The lowest BCUT2D eigenvalue weighted by Gasteiger charge is -2.33. The number of likely N-dealkylation sites (tertiary alicyclic amines) is 1. The molecular formula is C18H25N7O. The SMILES string of the molecule is CCn1ncc(CN2CCCC(n3c(=O)n(C)c4cncnc43)C2)c1C. The Morgan fingerprint density at radius 3 is 2.92 bits per heavy atom. The van der Waals surface area contributed by atoms with Gasteiger partial charge in [0.05, 0.1) is 18.4 Å². The summed E-state index contributed by atoms with van der Waals surface area (Å²) in [6.45, 7) is 7.88. The minimum Gasteiger partial charge on any atom is -0.297 e. The minimum atomic E-state index is -0.0117. The number of aryl methyl sites for hydroxylation is 2. The fourth-order valence-electron chi connectivity index (χ4n) is 4.01. The molecule has 0 aromatic carbocycles. The Balaban J connectivity index is 1.60. The fraction of sp³-hybridized carbons (Fsp3) is 0.556. The second-order valence-corrected chi connectivity index (χ2v) is 7.05. The molecular weight excluding hydrogens is 330 g/mol. The zero-order chi connectivity index (χ0) is 18.3. The van der Waals surface area contributed by atoms with Crippen LogP contribution in [0.5, 0.6) is 0 Å². The maximum Gasteiger partial charge on any atom is 0.330 e. The normalized spacial score (nSPS) is 18.7. The van der Waals surface area contributed by atoms with Crippen molar-refractivity contribution < 1.29 is 0 Å². The number of piperidine rings is 1. The Morgan fingerprint density at radius 1 is 1.31 bits per heavy atom. The van der Waals surface area contributed by atoms with Crippen molar-refractivity contribution in [2.75, 3.05) is 13.1 Å². The molecule has 1 aliphatic rings. The summed E-state index contributed by atoms with van der Waals surface area (Å²) in [6, 6.07) is 0.136. The van der Waals surface area contributed by atoms with E-state index in [2.05, 4.69) is 33.8 Å². The molecule has 4 heterocycles. The average Bonchev–Trinajstić information content (AvgIpc) is 3.13. The van der Waals surface area contributed by atoms with Gasteiger partial charge in [-0.25, -0.2) is 14.8 Å². The van der Waals surface area contributed by atoms with Crippen LogP contribution < -0.4 is 5.69 Å². The molecule has 0 amide bonds. The van der Waals surface area contributed by atoms with Crippen LogP contribution in [0.3, 0.4) is 0 Å². The Kier molecular flexibility index (Phi) is 4.36. The van der Waals surface area contributed by atoms with E-state index < -0.39 is 0 Å². The van der Waals surface area contributed by atoms with Crippen LogP contribution in [-0.2, 0) is 20.1 Å². The largest absolute Gasteiger partial charge is 0.330 e. The molecule has 8 heteroatoms. The third-order valence-corrected chi connectivity index (χ3v) is 5.50. The number of nitrogens with zero attached hydrogens (tertiary/aromatic N) is 7. The molecule has 8 nitrogen and oxygen atoms in total. The second-order valence-electron chi connectivity index (χ2n) is 7.05. The van der Waals surface area contributed by atoms with Crippen LogP contribution in [0, 0.1) is 6.92 Å². The fourth-order valence-corrected chi connectivity index (χ4v) is 4.01. The van der Waals surface area contributed by atoms with E-state index in [1.54, 1.807) is 17.8 Å². The molecule has 0 spiro atoms. The van der Waals surface area contributed by atoms with Crippen molar-refractivity contribution in [3.05, 3.63) is 40.5 Å². The average molecular weight is 355 g/mol. The monoisotopic (exact) mass is 355 g/mol. The molecule has 138 valence electrons. The van der Waals surface area contributed by atoms with E-state index >= 15 is 0 Å². The van der Waals surface area contributed by atoms with Crippen molar-refractivity contribution >= 4 is 11.2 Å². The molecule has 1 saturated heterocycles. The number of hydrogen-bond acceptors (Lipinski definition) is 5. The lowest BCUT2D eigenvalue weighted by molar-refractivity contribution is 0.169. The van der Waals surface area contributed by atoms with Gasteiger partial charge in [-0.2, -0.15) is 5.10 Å². The van der Waals surface area contributed by atoms with Crippen molar-refractivity contribution in [1.29, 1.82) is 0 Å². The van der Waals surface area contributed by atoms with Gasteiger partial charge in [0.1, 0.15) is 11.8 Å². The minimum absolute atomic E-state index is 0.0117. The molecule has 3 aromatic heterocycles. The molecule has 0 bridgehead atoms. The van der Waals surface area contributed by atoms with Gasteiger partial charge < -0.3 is 0 Å². The van der Waals surface area contributed by atoms with Gasteiger partial charge in [0.2, 0.25) is 0 Å². The van der Waals surface area contributed by atoms with Crippen molar-refractivity contribution in [2.24, 2.45) is 7.05 Å². The Bertz CT molecular complexity index is 983. The van der Waals surface area contributed by atoms with Crippen molar-refractivity contribution in [3.63, 3.8) is 0 Å². The summed E-state index contributed by atoms with van der Waals surface area (Å²) in [6.07, 6.45) is 7.26. The summed E-state index contributed by atoms with van der Waals surface area (Å²) in [5, 5.41) is 4.45. The van der Waals surface area contributed by atoms with Gasteiger partial charge in [-0.3, -0.25) is 18.7 Å². The zero-order valence-electron chi connectivity index (χ0n) is 15.6. The maximum atomic E-state index is 12.8. The molecule has 4 rings (SSSR count). The van der Waals surface area contributed by atoms with Gasteiger partial charge in [-0.05, 0) is 33.2 Å². The summed E-state index contributed by atoms with van der Waals surface area (Å²) < 4.78 is 5.53. The van der Waals surface area contributed by atoms with Crippen LogP contribution in [0.4, 0.5) is 0 Å². The highest BCUT2D eigenvalue weighted by atomic mass is 16.1. The maximum absolute atomic E-state index is 12.8. The highest BCUT2D eigenvalue weighted by molar-refractivity contribution is 5.70. The van der Waals surface area contributed by atoms with E-state index in [9.17, 15) is 4.79 Å². The predicted molar refractivity (Wildman–Crippen MR) is 99.0 cm³/mol.